The van der Waals surface area contributed by atoms with Crippen molar-refractivity contribution in [3.05, 3.63) is 108 Å². The predicted molar refractivity (Wildman–Crippen MR) is 134 cm³/mol. The lowest BCUT2D eigenvalue weighted by Gasteiger charge is -2.12. The minimum absolute atomic E-state index is 0.0321. The van der Waals surface area contributed by atoms with Crippen molar-refractivity contribution in [1.82, 2.24) is 19.7 Å². The molecule has 0 aliphatic rings. The molecule has 0 saturated heterocycles. The zero-order chi connectivity index (χ0) is 23.3. The molecule has 0 unspecified atom stereocenters. The zero-order valence-electron chi connectivity index (χ0n) is 18.0. The number of carbonyl (C=O) groups excluding carboxylic acids is 1. The Morgan fingerprint density at radius 1 is 0.912 bits per heavy atom. The number of benzene rings is 3. The molecular weight excluding hydrogens is 468 g/mol. The van der Waals surface area contributed by atoms with Gasteiger partial charge in [-0.05, 0) is 36.4 Å². The van der Waals surface area contributed by atoms with Gasteiger partial charge in [-0.1, -0.05) is 71.9 Å². The Kier molecular flexibility index (Phi) is 6.56. The van der Waals surface area contributed by atoms with Gasteiger partial charge < -0.3 is 4.74 Å². The first-order chi connectivity index (χ1) is 16.7. The normalized spacial score (nSPS) is 11.0. The van der Waals surface area contributed by atoms with Gasteiger partial charge in [0.1, 0.15) is 17.9 Å². The van der Waals surface area contributed by atoms with E-state index in [1.807, 2.05) is 77.4 Å². The third kappa shape index (κ3) is 4.66. The van der Waals surface area contributed by atoms with Crippen molar-refractivity contribution in [3.8, 4) is 11.4 Å². The highest BCUT2D eigenvalue weighted by atomic mass is 35.5. The molecule has 5 rings (SSSR count). The number of halogens is 1. The number of thioether (sulfide) groups is 1. The van der Waals surface area contributed by atoms with E-state index in [1.165, 1.54) is 11.8 Å². The molecule has 0 amide bonds. The van der Waals surface area contributed by atoms with Crippen LogP contribution in [0.15, 0.2) is 96.3 Å². The summed E-state index contributed by atoms with van der Waals surface area (Å²) in [5.41, 5.74) is 2.25. The number of para-hydroxylation sites is 1. The number of hydrogen-bond donors (Lipinski definition) is 0. The Morgan fingerprint density at radius 2 is 1.68 bits per heavy atom. The maximum absolute atomic E-state index is 12.6. The second kappa shape index (κ2) is 10.1. The molecule has 8 heteroatoms. The Labute approximate surface area is 205 Å². The fourth-order valence-corrected chi connectivity index (χ4v) is 4.61. The van der Waals surface area contributed by atoms with Crippen LogP contribution in [-0.2, 0) is 6.61 Å². The van der Waals surface area contributed by atoms with Crippen LogP contribution in [0.4, 0.5) is 0 Å². The highest BCUT2D eigenvalue weighted by molar-refractivity contribution is 7.99. The topological polar surface area (TPSA) is 69.9 Å². The summed E-state index contributed by atoms with van der Waals surface area (Å²) >= 11 is 7.65. The Bertz CT molecular complexity index is 1440. The largest absolute Gasteiger partial charge is 0.483 e. The zero-order valence-corrected chi connectivity index (χ0v) is 19.5. The van der Waals surface area contributed by atoms with Crippen molar-refractivity contribution in [2.45, 2.75) is 11.8 Å². The average Bonchev–Trinajstić information content (AvgIpc) is 3.31. The SMILES string of the molecule is O=C(CSc1nnc(COc2ccc(Cl)c3cccnc23)n1-c1ccccc1)c1ccccc1. The van der Waals surface area contributed by atoms with Crippen LogP contribution in [0, 0.1) is 0 Å². The van der Waals surface area contributed by atoms with E-state index < -0.39 is 0 Å². The molecule has 0 spiro atoms. The predicted octanol–water partition coefficient (Wildman–Crippen LogP) is 6.02. The molecule has 0 aliphatic carbocycles. The lowest BCUT2D eigenvalue weighted by Crippen LogP contribution is -2.08. The summed E-state index contributed by atoms with van der Waals surface area (Å²) in [5.74, 6) is 1.50. The van der Waals surface area contributed by atoms with Crippen molar-refractivity contribution in [2.75, 3.05) is 5.75 Å². The third-order valence-corrected chi connectivity index (χ3v) is 6.44. The van der Waals surface area contributed by atoms with Gasteiger partial charge in [0.05, 0.1) is 10.8 Å². The van der Waals surface area contributed by atoms with E-state index >= 15 is 0 Å². The summed E-state index contributed by atoms with van der Waals surface area (Å²) in [4.78, 5) is 17.0. The van der Waals surface area contributed by atoms with Crippen LogP contribution in [0.25, 0.3) is 16.6 Å². The quantitative estimate of drug-likeness (QED) is 0.197. The minimum Gasteiger partial charge on any atom is -0.483 e. The first kappa shape index (κ1) is 22.1. The number of carbonyl (C=O) groups is 1. The van der Waals surface area contributed by atoms with E-state index in [0.29, 0.717) is 32.8 Å². The van der Waals surface area contributed by atoms with E-state index in [2.05, 4.69) is 15.2 Å². The number of aromatic nitrogens is 4. The number of ether oxygens (including phenoxy) is 1. The number of hydrogen-bond acceptors (Lipinski definition) is 6. The molecule has 2 heterocycles. The van der Waals surface area contributed by atoms with Gasteiger partial charge in [0.15, 0.2) is 16.8 Å². The molecule has 0 N–H and O–H groups in total. The van der Waals surface area contributed by atoms with Gasteiger partial charge in [0.2, 0.25) is 0 Å². The number of rotatable bonds is 8. The molecule has 0 atom stereocenters. The molecule has 5 aromatic rings. The molecule has 3 aromatic carbocycles. The first-order valence-electron chi connectivity index (χ1n) is 10.6. The van der Waals surface area contributed by atoms with Gasteiger partial charge in [-0.3, -0.25) is 14.3 Å². The minimum atomic E-state index is 0.0321. The Morgan fingerprint density at radius 3 is 2.47 bits per heavy atom. The number of nitrogens with zero attached hydrogens (tertiary/aromatic N) is 4. The van der Waals surface area contributed by atoms with Crippen LogP contribution >= 0.6 is 23.4 Å². The fourth-order valence-electron chi connectivity index (χ4n) is 3.53. The van der Waals surface area contributed by atoms with E-state index in [-0.39, 0.29) is 18.1 Å². The molecule has 168 valence electrons. The summed E-state index contributed by atoms with van der Waals surface area (Å²) < 4.78 is 8.02. The molecule has 0 radical (unpaired) electrons. The molecule has 0 aliphatic heterocycles. The summed E-state index contributed by atoms with van der Waals surface area (Å²) in [6, 6.07) is 26.3. The van der Waals surface area contributed by atoms with E-state index in [0.717, 1.165) is 11.1 Å². The van der Waals surface area contributed by atoms with E-state index in [9.17, 15) is 4.79 Å². The van der Waals surface area contributed by atoms with Crippen LogP contribution in [-0.4, -0.2) is 31.3 Å². The molecule has 6 nitrogen and oxygen atoms in total. The lowest BCUT2D eigenvalue weighted by molar-refractivity contribution is 0.102. The molecule has 2 aromatic heterocycles. The number of Topliss-reactive ketones (excluding diaryl/α,β-unsaturated/α-hetero) is 1. The van der Waals surface area contributed by atoms with Crippen molar-refractivity contribution >= 4 is 40.0 Å². The Balaban J connectivity index is 1.41. The lowest BCUT2D eigenvalue weighted by atomic mass is 10.2. The average molecular weight is 487 g/mol. The van der Waals surface area contributed by atoms with Crippen LogP contribution in [0.2, 0.25) is 5.02 Å². The van der Waals surface area contributed by atoms with Crippen LogP contribution in [0.5, 0.6) is 5.75 Å². The first-order valence-corrected chi connectivity index (χ1v) is 11.9. The van der Waals surface area contributed by atoms with Crippen molar-refractivity contribution in [2.24, 2.45) is 0 Å². The third-order valence-electron chi connectivity index (χ3n) is 5.18. The number of ketones is 1. The molecule has 0 bridgehead atoms. The molecular formula is C26H19ClN4O2S. The van der Waals surface area contributed by atoms with Gasteiger partial charge in [-0.25, -0.2) is 0 Å². The Hall–Kier alpha value is -3.68. The van der Waals surface area contributed by atoms with Crippen molar-refractivity contribution < 1.29 is 9.53 Å². The second-order valence-electron chi connectivity index (χ2n) is 7.38. The van der Waals surface area contributed by atoms with Gasteiger partial charge >= 0.3 is 0 Å². The van der Waals surface area contributed by atoms with E-state index in [1.54, 1.807) is 18.3 Å². The monoisotopic (exact) mass is 486 g/mol. The number of pyridine rings is 1. The maximum Gasteiger partial charge on any atom is 0.196 e. The van der Waals surface area contributed by atoms with Gasteiger partial charge in [0, 0.05) is 22.8 Å². The van der Waals surface area contributed by atoms with Crippen LogP contribution in [0.1, 0.15) is 16.2 Å². The summed E-state index contributed by atoms with van der Waals surface area (Å²) in [5, 5.41) is 10.8. The summed E-state index contributed by atoms with van der Waals surface area (Å²) in [6.07, 6.45) is 1.70. The standard InChI is InChI=1S/C26H19ClN4O2S/c27-21-13-14-23(25-20(21)12-7-15-28-25)33-16-24-29-30-26(31(24)19-10-5-2-6-11-19)34-17-22(32)18-8-3-1-4-9-18/h1-15H,16-17H2. The van der Waals surface area contributed by atoms with E-state index in [4.69, 9.17) is 16.3 Å². The van der Waals surface area contributed by atoms with Gasteiger partial charge in [0.25, 0.3) is 0 Å². The highest BCUT2D eigenvalue weighted by Gasteiger charge is 2.17. The highest BCUT2D eigenvalue weighted by Crippen LogP contribution is 2.30. The number of fused-ring (bicyclic) bond motifs is 1. The van der Waals surface area contributed by atoms with Gasteiger partial charge in [-0.2, -0.15) is 0 Å². The summed E-state index contributed by atoms with van der Waals surface area (Å²) in [7, 11) is 0. The fraction of sp³-hybridized carbons (Fsp3) is 0.0769. The molecule has 0 fully saturated rings. The second-order valence-corrected chi connectivity index (χ2v) is 8.73. The van der Waals surface area contributed by atoms with Crippen LogP contribution < -0.4 is 4.74 Å². The van der Waals surface area contributed by atoms with Crippen LogP contribution in [0.3, 0.4) is 0 Å². The van der Waals surface area contributed by atoms with Gasteiger partial charge in [-0.15, -0.1) is 10.2 Å². The summed E-state index contributed by atoms with van der Waals surface area (Å²) in [6.45, 7) is 0.169. The van der Waals surface area contributed by atoms with Crippen molar-refractivity contribution in [3.63, 3.8) is 0 Å². The maximum atomic E-state index is 12.6. The van der Waals surface area contributed by atoms with Crippen molar-refractivity contribution in [1.29, 1.82) is 0 Å². The smallest absolute Gasteiger partial charge is 0.196 e. The molecule has 34 heavy (non-hydrogen) atoms. The molecule has 0 saturated carbocycles.